The van der Waals surface area contributed by atoms with Gasteiger partial charge >= 0.3 is 0 Å². The van der Waals surface area contributed by atoms with Gasteiger partial charge < -0.3 is 0 Å². The highest BCUT2D eigenvalue weighted by Crippen LogP contribution is 2.63. The monoisotopic (exact) mass is 264 g/mol. The van der Waals surface area contributed by atoms with Gasteiger partial charge in [-0.2, -0.15) is 0 Å². The second kappa shape index (κ2) is 3.44. The second-order valence-electron chi connectivity index (χ2n) is 5.63. The average molecular weight is 264 g/mol. The fraction of sp³-hybridized carbons (Fsp3) is 0.500. The molecular formula is C14H16O3S. The highest BCUT2D eigenvalue weighted by Gasteiger charge is 2.71. The molecule has 0 unspecified atom stereocenters. The number of rotatable bonds is 2. The number of carbonyl (C=O) groups is 1. The van der Waals surface area contributed by atoms with Gasteiger partial charge in [0.25, 0.3) is 0 Å². The Bertz CT molecular complexity index is 605. The number of Topliss-reactive ketones (excluding diaryl/α,β-unsaturated/α-hetero) is 1. The van der Waals surface area contributed by atoms with Crippen LogP contribution in [0.2, 0.25) is 0 Å². The summed E-state index contributed by atoms with van der Waals surface area (Å²) < 4.78 is 24.5. The molecule has 0 saturated heterocycles. The average Bonchev–Trinajstić information content (AvgIpc) is 2.52. The molecule has 2 saturated carbocycles. The zero-order valence-corrected chi connectivity index (χ0v) is 11.2. The van der Waals surface area contributed by atoms with Gasteiger partial charge in [0.2, 0.25) is 0 Å². The molecule has 0 radical (unpaired) electrons. The van der Waals surface area contributed by atoms with Crippen LogP contribution in [-0.2, 0) is 14.6 Å². The molecular weight excluding hydrogens is 248 g/mol. The minimum Gasteiger partial charge on any atom is -0.298 e. The van der Waals surface area contributed by atoms with Crippen LogP contribution in [0.15, 0.2) is 35.2 Å². The molecule has 18 heavy (non-hydrogen) atoms. The lowest BCUT2D eigenvalue weighted by Gasteiger charge is -2.51. The summed E-state index contributed by atoms with van der Waals surface area (Å²) in [5, 5.41) is 0. The molecule has 2 atom stereocenters. The van der Waals surface area contributed by atoms with Crippen molar-refractivity contribution in [3.8, 4) is 0 Å². The number of fused-ring (bicyclic) bond motifs is 1. The Balaban J connectivity index is 2.18. The van der Waals surface area contributed by atoms with Crippen molar-refractivity contribution >= 4 is 15.6 Å². The van der Waals surface area contributed by atoms with Gasteiger partial charge in [-0.3, -0.25) is 4.79 Å². The van der Waals surface area contributed by atoms with Crippen molar-refractivity contribution in [1.82, 2.24) is 0 Å². The normalized spacial score (nSPS) is 35.1. The first-order valence-corrected chi connectivity index (χ1v) is 7.75. The molecule has 2 aliphatic carbocycles. The molecule has 1 aromatic rings. The van der Waals surface area contributed by atoms with Gasteiger partial charge in [-0.25, -0.2) is 8.42 Å². The predicted octanol–water partition coefficient (Wildman–Crippen LogP) is 2.36. The van der Waals surface area contributed by atoms with E-state index in [0.717, 1.165) is 6.42 Å². The molecule has 1 aromatic carbocycles. The molecule has 0 bridgehead atoms. The fourth-order valence-corrected chi connectivity index (χ4v) is 6.13. The first-order chi connectivity index (χ1) is 8.44. The van der Waals surface area contributed by atoms with Crippen molar-refractivity contribution in [3.05, 3.63) is 30.3 Å². The van der Waals surface area contributed by atoms with Gasteiger partial charge in [0.05, 0.1) is 4.90 Å². The smallest absolute Gasteiger partial charge is 0.191 e. The summed E-state index contributed by atoms with van der Waals surface area (Å²) in [6, 6.07) is 8.38. The lowest BCUT2D eigenvalue weighted by Crippen LogP contribution is -2.60. The van der Waals surface area contributed by atoms with E-state index in [-0.39, 0.29) is 16.1 Å². The Kier molecular flexibility index (Phi) is 2.28. The SMILES string of the molecule is C[C@@]12CCC(=O)[C@]1(S(=O)(=O)c1ccccc1)CC2. The summed E-state index contributed by atoms with van der Waals surface area (Å²) >= 11 is 0. The third kappa shape index (κ3) is 1.14. The molecule has 0 amide bonds. The van der Waals surface area contributed by atoms with Gasteiger partial charge in [-0.15, -0.1) is 0 Å². The zero-order valence-electron chi connectivity index (χ0n) is 10.3. The molecule has 0 spiro atoms. The van der Waals surface area contributed by atoms with Gasteiger partial charge in [0.15, 0.2) is 15.6 Å². The summed E-state index contributed by atoms with van der Waals surface area (Å²) in [4.78, 5) is 12.5. The lowest BCUT2D eigenvalue weighted by atomic mass is 9.62. The fourth-order valence-electron chi connectivity index (χ4n) is 3.58. The number of benzene rings is 1. The van der Waals surface area contributed by atoms with Crippen molar-refractivity contribution < 1.29 is 13.2 Å². The van der Waals surface area contributed by atoms with Crippen LogP contribution >= 0.6 is 0 Å². The maximum atomic E-state index is 12.8. The Morgan fingerprint density at radius 1 is 1.06 bits per heavy atom. The molecule has 0 aliphatic heterocycles. The van der Waals surface area contributed by atoms with E-state index in [1.165, 1.54) is 0 Å². The maximum Gasteiger partial charge on any atom is 0.191 e. The first-order valence-electron chi connectivity index (χ1n) is 6.27. The van der Waals surface area contributed by atoms with Crippen LogP contribution in [0.5, 0.6) is 0 Å². The molecule has 0 heterocycles. The Morgan fingerprint density at radius 3 is 2.22 bits per heavy atom. The summed E-state index contributed by atoms with van der Waals surface area (Å²) in [7, 11) is -3.56. The third-order valence-electron chi connectivity index (χ3n) is 4.87. The Morgan fingerprint density at radius 2 is 1.72 bits per heavy atom. The van der Waals surface area contributed by atoms with E-state index in [2.05, 4.69) is 0 Å². The van der Waals surface area contributed by atoms with Crippen molar-refractivity contribution in [2.45, 2.75) is 42.2 Å². The summed E-state index contributed by atoms with van der Waals surface area (Å²) in [5.74, 6) is -0.0832. The van der Waals surface area contributed by atoms with Crippen LogP contribution in [0.1, 0.15) is 32.6 Å². The molecule has 2 aliphatic rings. The van der Waals surface area contributed by atoms with Crippen molar-refractivity contribution in [3.63, 3.8) is 0 Å². The number of sulfone groups is 1. The van der Waals surface area contributed by atoms with E-state index >= 15 is 0 Å². The van der Waals surface area contributed by atoms with Gasteiger partial charge in [0.1, 0.15) is 4.75 Å². The van der Waals surface area contributed by atoms with Crippen molar-refractivity contribution in [2.24, 2.45) is 5.41 Å². The largest absolute Gasteiger partial charge is 0.298 e. The van der Waals surface area contributed by atoms with E-state index in [1.54, 1.807) is 30.3 Å². The van der Waals surface area contributed by atoms with Crippen LogP contribution in [0, 0.1) is 5.41 Å². The maximum absolute atomic E-state index is 12.8. The first kappa shape index (κ1) is 11.9. The highest BCUT2D eigenvalue weighted by molar-refractivity contribution is 7.93. The van der Waals surface area contributed by atoms with Gasteiger partial charge in [-0.05, 0) is 36.8 Å². The highest BCUT2D eigenvalue weighted by atomic mass is 32.2. The van der Waals surface area contributed by atoms with E-state index < -0.39 is 14.6 Å². The molecule has 3 nitrogen and oxygen atoms in total. The quantitative estimate of drug-likeness (QED) is 0.824. The third-order valence-corrected chi connectivity index (χ3v) is 7.61. The number of carbonyl (C=O) groups excluding carboxylic acids is 1. The summed E-state index contributed by atoms with van der Waals surface area (Å²) in [6.45, 7) is 1.95. The van der Waals surface area contributed by atoms with E-state index in [9.17, 15) is 13.2 Å². The number of hydrogen-bond acceptors (Lipinski definition) is 3. The van der Waals surface area contributed by atoms with Crippen molar-refractivity contribution in [1.29, 1.82) is 0 Å². The lowest BCUT2D eigenvalue weighted by molar-refractivity contribution is -0.123. The summed E-state index contributed by atoms with van der Waals surface area (Å²) in [5.41, 5.74) is -0.348. The molecule has 0 aromatic heterocycles. The van der Waals surface area contributed by atoms with Crippen LogP contribution in [0.4, 0.5) is 0 Å². The van der Waals surface area contributed by atoms with Gasteiger partial charge in [0, 0.05) is 6.42 Å². The number of ketones is 1. The minimum absolute atomic E-state index is 0.0832. The summed E-state index contributed by atoms with van der Waals surface area (Å²) in [6.07, 6.45) is 2.44. The van der Waals surface area contributed by atoms with Crippen LogP contribution < -0.4 is 0 Å². The topological polar surface area (TPSA) is 51.2 Å². The standard InChI is InChI=1S/C14H16O3S/c1-13-8-7-12(15)14(13,10-9-13)18(16,17)11-5-3-2-4-6-11/h2-6H,7-10H2,1H3/t13-,14+/m0/s1. The minimum atomic E-state index is -3.56. The van der Waals surface area contributed by atoms with Crippen LogP contribution in [0.25, 0.3) is 0 Å². The molecule has 0 N–H and O–H groups in total. The van der Waals surface area contributed by atoms with Crippen LogP contribution in [-0.4, -0.2) is 18.9 Å². The van der Waals surface area contributed by atoms with Crippen molar-refractivity contribution in [2.75, 3.05) is 0 Å². The Labute approximate surface area is 107 Å². The van der Waals surface area contributed by atoms with E-state index in [4.69, 9.17) is 0 Å². The Hall–Kier alpha value is -1.16. The molecule has 2 fully saturated rings. The molecule has 3 rings (SSSR count). The second-order valence-corrected chi connectivity index (χ2v) is 7.80. The number of hydrogen-bond donors (Lipinski definition) is 0. The molecule has 4 heteroatoms. The van der Waals surface area contributed by atoms with Crippen LogP contribution in [0.3, 0.4) is 0 Å². The molecule has 96 valence electrons. The van der Waals surface area contributed by atoms with E-state index in [1.807, 2.05) is 6.92 Å². The van der Waals surface area contributed by atoms with Gasteiger partial charge in [-0.1, -0.05) is 25.1 Å². The zero-order chi connectivity index (χ0) is 13.0. The van der Waals surface area contributed by atoms with E-state index in [0.29, 0.717) is 19.3 Å². The predicted molar refractivity (Wildman–Crippen MR) is 67.9 cm³/mol.